The summed E-state index contributed by atoms with van der Waals surface area (Å²) in [6.07, 6.45) is 0. The molecule has 4 aromatic carbocycles. The average Bonchev–Trinajstić information content (AvgIpc) is 3.18. The second-order valence-electron chi connectivity index (χ2n) is 7.18. The van der Waals surface area contributed by atoms with E-state index in [4.69, 9.17) is 4.42 Å². The molecule has 2 aromatic heterocycles. The Hall–Kier alpha value is -2.84. The van der Waals surface area contributed by atoms with Gasteiger partial charge in [0, 0.05) is 41.7 Å². The van der Waals surface area contributed by atoms with Crippen molar-refractivity contribution in [3.8, 4) is 0 Å². The van der Waals surface area contributed by atoms with Gasteiger partial charge < -0.3 is 4.42 Å². The van der Waals surface area contributed by atoms with Crippen molar-refractivity contribution in [3.05, 3.63) is 71.8 Å². The van der Waals surface area contributed by atoms with Crippen molar-refractivity contribution in [2.45, 2.75) is 13.8 Å². The molecule has 0 amide bonds. The minimum Gasteiger partial charge on any atom is -0.455 e. The molecular formula is C24H16OS. The number of fused-ring (bicyclic) bond motifs is 9. The predicted octanol–water partition coefficient (Wildman–Crippen LogP) is 7.72. The maximum atomic E-state index is 6.29. The van der Waals surface area contributed by atoms with Gasteiger partial charge >= 0.3 is 0 Å². The Morgan fingerprint density at radius 3 is 2.00 bits per heavy atom. The summed E-state index contributed by atoms with van der Waals surface area (Å²) in [5.41, 5.74) is 4.50. The third-order valence-corrected chi connectivity index (χ3v) is 6.58. The Kier molecular flexibility index (Phi) is 2.68. The minimum atomic E-state index is 0.972. The molecular weight excluding hydrogens is 336 g/mol. The minimum absolute atomic E-state index is 0.972. The van der Waals surface area contributed by atoms with E-state index in [0.29, 0.717) is 0 Å². The largest absolute Gasteiger partial charge is 0.455 e. The van der Waals surface area contributed by atoms with Gasteiger partial charge in [-0.15, -0.1) is 11.3 Å². The van der Waals surface area contributed by atoms with Gasteiger partial charge in [0.05, 0.1) is 0 Å². The normalized spacial score (nSPS) is 12.2. The maximum absolute atomic E-state index is 6.29. The highest BCUT2D eigenvalue weighted by molar-refractivity contribution is 7.26. The molecule has 0 fully saturated rings. The van der Waals surface area contributed by atoms with Gasteiger partial charge in [-0.25, -0.2) is 0 Å². The van der Waals surface area contributed by atoms with E-state index in [-0.39, 0.29) is 0 Å². The molecule has 6 aromatic rings. The monoisotopic (exact) mass is 352 g/mol. The van der Waals surface area contributed by atoms with E-state index in [1.165, 1.54) is 52.8 Å². The van der Waals surface area contributed by atoms with Gasteiger partial charge in [-0.2, -0.15) is 0 Å². The highest BCUT2D eigenvalue weighted by Crippen LogP contribution is 2.42. The molecule has 6 rings (SSSR count). The van der Waals surface area contributed by atoms with Crippen molar-refractivity contribution >= 4 is 64.2 Å². The Bertz CT molecular complexity index is 1380. The second kappa shape index (κ2) is 4.87. The fourth-order valence-electron chi connectivity index (χ4n) is 4.09. The summed E-state index contributed by atoms with van der Waals surface area (Å²) < 4.78 is 9.00. The van der Waals surface area contributed by atoms with Gasteiger partial charge in [0.15, 0.2) is 0 Å². The van der Waals surface area contributed by atoms with Crippen LogP contribution in [0.25, 0.3) is 52.9 Å². The maximum Gasteiger partial charge on any atom is 0.143 e. The second-order valence-corrected chi connectivity index (χ2v) is 8.24. The summed E-state index contributed by atoms with van der Waals surface area (Å²) in [5, 5.41) is 7.56. The summed E-state index contributed by atoms with van der Waals surface area (Å²) in [4.78, 5) is 0. The predicted molar refractivity (Wildman–Crippen MR) is 114 cm³/mol. The van der Waals surface area contributed by atoms with E-state index >= 15 is 0 Å². The van der Waals surface area contributed by atoms with Gasteiger partial charge in [0.2, 0.25) is 0 Å². The van der Waals surface area contributed by atoms with Crippen LogP contribution in [0, 0.1) is 13.8 Å². The molecule has 0 atom stereocenters. The molecule has 0 spiro atoms. The lowest BCUT2D eigenvalue weighted by Crippen LogP contribution is -1.75. The Labute approximate surface area is 154 Å². The topological polar surface area (TPSA) is 13.1 Å². The molecule has 0 bridgehead atoms. The zero-order valence-corrected chi connectivity index (χ0v) is 15.4. The van der Waals surface area contributed by atoms with Crippen molar-refractivity contribution in [2.24, 2.45) is 0 Å². The van der Waals surface area contributed by atoms with Gasteiger partial charge in [-0.05, 0) is 49.2 Å². The van der Waals surface area contributed by atoms with Crippen LogP contribution in [0.2, 0.25) is 0 Å². The number of benzene rings is 4. The van der Waals surface area contributed by atoms with Gasteiger partial charge in [0.25, 0.3) is 0 Å². The number of furan rings is 1. The summed E-state index contributed by atoms with van der Waals surface area (Å²) in [6.45, 7) is 4.26. The van der Waals surface area contributed by atoms with E-state index in [2.05, 4.69) is 74.5 Å². The Morgan fingerprint density at radius 1 is 0.615 bits per heavy atom. The fourth-order valence-corrected chi connectivity index (χ4v) is 5.42. The van der Waals surface area contributed by atoms with Crippen molar-refractivity contribution < 1.29 is 4.42 Å². The first-order chi connectivity index (χ1) is 12.7. The van der Waals surface area contributed by atoms with Crippen LogP contribution in [0.4, 0.5) is 0 Å². The lowest BCUT2D eigenvalue weighted by molar-refractivity contribution is 0.672. The molecule has 26 heavy (non-hydrogen) atoms. The van der Waals surface area contributed by atoms with Crippen LogP contribution in [0.5, 0.6) is 0 Å². The molecule has 0 saturated heterocycles. The Morgan fingerprint density at radius 2 is 1.19 bits per heavy atom. The van der Waals surface area contributed by atoms with Crippen LogP contribution in [-0.2, 0) is 0 Å². The lowest BCUT2D eigenvalue weighted by atomic mass is 10.0. The van der Waals surface area contributed by atoms with E-state index < -0.39 is 0 Å². The first kappa shape index (κ1) is 14.3. The van der Waals surface area contributed by atoms with E-state index in [1.807, 2.05) is 11.3 Å². The van der Waals surface area contributed by atoms with Crippen LogP contribution >= 0.6 is 11.3 Å². The summed E-state index contributed by atoms with van der Waals surface area (Å²) in [6, 6.07) is 22.1. The van der Waals surface area contributed by atoms with Crippen LogP contribution < -0.4 is 0 Å². The van der Waals surface area contributed by atoms with Gasteiger partial charge in [-0.3, -0.25) is 0 Å². The molecule has 0 saturated carbocycles. The number of aryl methyl sites for hydroxylation is 2. The molecule has 0 aliphatic heterocycles. The highest BCUT2D eigenvalue weighted by atomic mass is 32.1. The highest BCUT2D eigenvalue weighted by Gasteiger charge is 2.14. The average molecular weight is 352 g/mol. The molecule has 0 aliphatic rings. The molecule has 124 valence electrons. The summed E-state index contributed by atoms with van der Waals surface area (Å²) in [5.74, 6) is 0. The number of hydrogen-bond donors (Lipinski definition) is 0. The van der Waals surface area contributed by atoms with Crippen molar-refractivity contribution in [3.63, 3.8) is 0 Å². The summed E-state index contributed by atoms with van der Waals surface area (Å²) >= 11 is 1.88. The van der Waals surface area contributed by atoms with Crippen LogP contribution in [-0.4, -0.2) is 0 Å². The molecule has 2 heterocycles. The standard InChI is InChI=1S/C24H16OS/c1-13-3-5-15-17-7-10-20-18(23(17)25-21(15)11-13)8-9-19-16-6-4-14(2)12-22(16)26-24(19)20/h3-12H,1-2H3. The first-order valence-corrected chi connectivity index (χ1v) is 9.68. The number of rotatable bonds is 0. The number of thiophene rings is 1. The van der Waals surface area contributed by atoms with Crippen molar-refractivity contribution in [1.82, 2.24) is 0 Å². The lowest BCUT2D eigenvalue weighted by Gasteiger charge is -2.01. The summed E-state index contributed by atoms with van der Waals surface area (Å²) in [7, 11) is 0. The molecule has 2 heteroatoms. The first-order valence-electron chi connectivity index (χ1n) is 8.86. The van der Waals surface area contributed by atoms with E-state index in [0.717, 1.165) is 11.2 Å². The third kappa shape index (κ3) is 1.80. The van der Waals surface area contributed by atoms with E-state index in [1.54, 1.807) is 0 Å². The van der Waals surface area contributed by atoms with Gasteiger partial charge in [0.1, 0.15) is 11.2 Å². The van der Waals surface area contributed by atoms with Crippen molar-refractivity contribution in [1.29, 1.82) is 0 Å². The molecule has 0 unspecified atom stereocenters. The zero-order chi connectivity index (χ0) is 17.4. The smallest absolute Gasteiger partial charge is 0.143 e. The van der Waals surface area contributed by atoms with E-state index in [9.17, 15) is 0 Å². The molecule has 0 radical (unpaired) electrons. The van der Waals surface area contributed by atoms with Crippen LogP contribution in [0.3, 0.4) is 0 Å². The molecule has 0 aliphatic carbocycles. The van der Waals surface area contributed by atoms with Gasteiger partial charge in [-0.1, -0.05) is 36.4 Å². The quantitative estimate of drug-likeness (QED) is 0.273. The Balaban J connectivity index is 1.81. The SMILES string of the molecule is Cc1ccc2c(c1)oc1c2ccc2c1ccc1c3ccc(C)cc3sc12. The fraction of sp³-hybridized carbons (Fsp3) is 0.0833. The van der Waals surface area contributed by atoms with Crippen LogP contribution in [0.15, 0.2) is 65.1 Å². The zero-order valence-electron chi connectivity index (χ0n) is 14.6. The van der Waals surface area contributed by atoms with Crippen molar-refractivity contribution in [2.75, 3.05) is 0 Å². The molecule has 0 N–H and O–H groups in total. The molecule has 1 nitrogen and oxygen atoms in total. The number of hydrogen-bond acceptors (Lipinski definition) is 2. The van der Waals surface area contributed by atoms with Crippen LogP contribution in [0.1, 0.15) is 11.1 Å². The third-order valence-electron chi connectivity index (χ3n) is 5.38.